The van der Waals surface area contributed by atoms with Crippen LogP contribution >= 0.6 is 0 Å². The third kappa shape index (κ3) is 3.72. The fourth-order valence-electron chi connectivity index (χ4n) is 2.02. The first-order chi connectivity index (χ1) is 9.97. The number of rotatable bonds is 4. The summed E-state index contributed by atoms with van der Waals surface area (Å²) >= 11 is 0. The molecule has 1 amide bonds. The van der Waals surface area contributed by atoms with Gasteiger partial charge in [-0.15, -0.1) is 0 Å². The third-order valence-electron chi connectivity index (χ3n) is 3.14. The van der Waals surface area contributed by atoms with Crippen molar-refractivity contribution in [1.82, 2.24) is 4.57 Å². The molecule has 0 fully saturated rings. The first kappa shape index (κ1) is 14.8. The third-order valence-corrected chi connectivity index (χ3v) is 3.14. The van der Waals surface area contributed by atoms with Gasteiger partial charge in [0, 0.05) is 18.9 Å². The van der Waals surface area contributed by atoms with Gasteiger partial charge in [-0.3, -0.25) is 4.79 Å². The Kier molecular flexibility index (Phi) is 4.42. The number of hydrogen-bond acceptors (Lipinski definition) is 3. The van der Waals surface area contributed by atoms with Gasteiger partial charge in [0.15, 0.2) is 6.61 Å². The molecule has 5 heteroatoms. The second-order valence-corrected chi connectivity index (χ2v) is 4.95. The molecule has 1 aromatic carbocycles. The Bertz CT molecular complexity index is 674. The molecule has 0 spiro atoms. The topological polar surface area (TPSA) is 60.3 Å². The molecule has 0 atom stereocenters. The van der Waals surface area contributed by atoms with E-state index in [0.29, 0.717) is 5.69 Å². The summed E-state index contributed by atoms with van der Waals surface area (Å²) in [5.41, 5.74) is 3.23. The summed E-state index contributed by atoms with van der Waals surface area (Å²) in [5, 5.41) is 2.73. The Morgan fingerprint density at radius 3 is 2.62 bits per heavy atom. The van der Waals surface area contributed by atoms with Gasteiger partial charge in [-0.1, -0.05) is 17.7 Å². The number of esters is 1. The van der Waals surface area contributed by atoms with Gasteiger partial charge >= 0.3 is 5.97 Å². The molecule has 1 heterocycles. The molecule has 0 radical (unpaired) electrons. The fraction of sp³-hybridized carbons (Fsp3) is 0.250. The van der Waals surface area contributed by atoms with Crippen molar-refractivity contribution >= 4 is 17.6 Å². The molecule has 2 aromatic rings. The lowest BCUT2D eigenvalue weighted by molar-refractivity contribution is -0.119. The Morgan fingerprint density at radius 2 is 2.00 bits per heavy atom. The molecule has 21 heavy (non-hydrogen) atoms. The number of amides is 1. The van der Waals surface area contributed by atoms with Gasteiger partial charge < -0.3 is 14.6 Å². The molecule has 0 unspecified atom stereocenters. The van der Waals surface area contributed by atoms with Gasteiger partial charge in [0.1, 0.15) is 5.69 Å². The molecule has 0 aliphatic carbocycles. The summed E-state index contributed by atoms with van der Waals surface area (Å²) < 4.78 is 6.64. The van der Waals surface area contributed by atoms with Crippen molar-refractivity contribution in [3.05, 3.63) is 53.3 Å². The maximum Gasteiger partial charge on any atom is 0.355 e. The quantitative estimate of drug-likeness (QED) is 0.878. The van der Waals surface area contributed by atoms with E-state index < -0.39 is 5.97 Å². The predicted molar refractivity (Wildman–Crippen MR) is 80.2 cm³/mol. The fourth-order valence-corrected chi connectivity index (χ4v) is 2.02. The lowest BCUT2D eigenvalue weighted by Gasteiger charge is -2.09. The summed E-state index contributed by atoms with van der Waals surface area (Å²) in [7, 11) is 1.74. The van der Waals surface area contributed by atoms with Crippen LogP contribution in [0.2, 0.25) is 0 Å². The predicted octanol–water partition coefficient (Wildman–Crippen LogP) is 2.44. The molecule has 0 saturated heterocycles. The van der Waals surface area contributed by atoms with Crippen LogP contribution in [0, 0.1) is 13.8 Å². The van der Waals surface area contributed by atoms with Crippen LogP contribution in [-0.2, 0) is 16.6 Å². The van der Waals surface area contributed by atoms with Crippen LogP contribution in [0.5, 0.6) is 0 Å². The van der Waals surface area contributed by atoms with Crippen LogP contribution in [0.15, 0.2) is 36.5 Å². The lowest BCUT2D eigenvalue weighted by atomic mass is 10.1. The van der Waals surface area contributed by atoms with Gasteiger partial charge in [0.2, 0.25) is 0 Å². The summed E-state index contributed by atoms with van der Waals surface area (Å²) in [6.45, 7) is 3.59. The van der Waals surface area contributed by atoms with Crippen molar-refractivity contribution in [1.29, 1.82) is 0 Å². The summed E-state index contributed by atoms with van der Waals surface area (Å²) in [6, 6.07) is 9.11. The van der Waals surface area contributed by atoms with Crippen LogP contribution in [-0.4, -0.2) is 23.1 Å². The van der Waals surface area contributed by atoms with Crippen molar-refractivity contribution in [2.75, 3.05) is 11.9 Å². The van der Waals surface area contributed by atoms with E-state index in [9.17, 15) is 9.59 Å². The van der Waals surface area contributed by atoms with E-state index in [2.05, 4.69) is 5.32 Å². The van der Waals surface area contributed by atoms with Gasteiger partial charge in [-0.25, -0.2) is 4.79 Å². The zero-order valence-corrected chi connectivity index (χ0v) is 12.3. The molecule has 2 rings (SSSR count). The number of benzene rings is 1. The molecule has 5 nitrogen and oxygen atoms in total. The minimum atomic E-state index is -0.515. The number of hydrogen-bond donors (Lipinski definition) is 1. The van der Waals surface area contributed by atoms with Gasteiger partial charge in [0.05, 0.1) is 0 Å². The van der Waals surface area contributed by atoms with Crippen LogP contribution in [0.3, 0.4) is 0 Å². The van der Waals surface area contributed by atoms with E-state index >= 15 is 0 Å². The number of aromatic nitrogens is 1. The highest BCUT2D eigenvalue weighted by Gasteiger charge is 2.13. The summed E-state index contributed by atoms with van der Waals surface area (Å²) in [5.74, 6) is -0.872. The second kappa shape index (κ2) is 6.26. The Balaban J connectivity index is 1.90. The zero-order chi connectivity index (χ0) is 15.4. The van der Waals surface area contributed by atoms with E-state index in [1.54, 1.807) is 29.9 Å². The van der Waals surface area contributed by atoms with E-state index in [0.717, 1.165) is 16.8 Å². The van der Waals surface area contributed by atoms with E-state index in [1.165, 1.54) is 0 Å². The molecule has 1 aromatic heterocycles. The number of carbonyl (C=O) groups excluding carboxylic acids is 2. The molecule has 0 aliphatic heterocycles. The van der Waals surface area contributed by atoms with Crippen molar-refractivity contribution < 1.29 is 14.3 Å². The normalized spacial score (nSPS) is 10.2. The second-order valence-electron chi connectivity index (χ2n) is 4.95. The first-order valence-electron chi connectivity index (χ1n) is 6.63. The lowest BCUT2D eigenvalue weighted by Crippen LogP contribution is -2.22. The highest BCUT2D eigenvalue weighted by molar-refractivity contribution is 5.95. The van der Waals surface area contributed by atoms with Crippen LogP contribution in [0.1, 0.15) is 21.6 Å². The van der Waals surface area contributed by atoms with Gasteiger partial charge in [-0.05, 0) is 37.6 Å². The molecular weight excluding hydrogens is 268 g/mol. The number of nitrogens with one attached hydrogen (secondary N) is 1. The molecular formula is C16H18N2O3. The standard InChI is InChI=1S/C16H18N2O3/c1-11-6-7-13(12(2)9-11)17-15(19)10-21-16(20)14-5-4-8-18(14)3/h4-9H,10H2,1-3H3,(H,17,19). The van der Waals surface area contributed by atoms with Gasteiger partial charge in [-0.2, -0.15) is 0 Å². The molecule has 0 aliphatic rings. The first-order valence-corrected chi connectivity index (χ1v) is 6.63. The maximum atomic E-state index is 11.8. The van der Waals surface area contributed by atoms with Gasteiger partial charge in [0.25, 0.3) is 5.91 Å². The van der Waals surface area contributed by atoms with E-state index in [4.69, 9.17) is 4.74 Å². The molecule has 110 valence electrons. The van der Waals surface area contributed by atoms with E-state index in [1.807, 2.05) is 32.0 Å². The Hall–Kier alpha value is -2.56. The van der Waals surface area contributed by atoms with Crippen molar-refractivity contribution in [3.63, 3.8) is 0 Å². The number of carbonyl (C=O) groups is 2. The van der Waals surface area contributed by atoms with Crippen molar-refractivity contribution in [3.8, 4) is 0 Å². The molecule has 1 N–H and O–H groups in total. The Morgan fingerprint density at radius 1 is 1.24 bits per heavy atom. The van der Waals surface area contributed by atoms with Crippen molar-refractivity contribution in [2.24, 2.45) is 7.05 Å². The number of anilines is 1. The Labute approximate surface area is 123 Å². The highest BCUT2D eigenvalue weighted by Crippen LogP contribution is 2.15. The largest absolute Gasteiger partial charge is 0.451 e. The minimum Gasteiger partial charge on any atom is -0.451 e. The smallest absolute Gasteiger partial charge is 0.355 e. The van der Waals surface area contributed by atoms with Crippen LogP contribution < -0.4 is 5.32 Å². The highest BCUT2D eigenvalue weighted by atomic mass is 16.5. The van der Waals surface area contributed by atoms with Crippen molar-refractivity contribution in [2.45, 2.75) is 13.8 Å². The monoisotopic (exact) mass is 286 g/mol. The van der Waals surface area contributed by atoms with E-state index in [-0.39, 0.29) is 12.5 Å². The summed E-state index contributed by atoms with van der Waals surface area (Å²) in [4.78, 5) is 23.6. The molecule has 0 saturated carbocycles. The number of aryl methyl sites for hydroxylation is 3. The van der Waals surface area contributed by atoms with Crippen LogP contribution in [0.4, 0.5) is 5.69 Å². The number of nitrogens with zero attached hydrogens (tertiary/aromatic N) is 1. The number of ether oxygens (including phenoxy) is 1. The SMILES string of the molecule is Cc1ccc(NC(=O)COC(=O)c2cccn2C)c(C)c1. The molecule has 0 bridgehead atoms. The minimum absolute atomic E-state index is 0.308. The van der Waals surface area contributed by atoms with Crippen LogP contribution in [0.25, 0.3) is 0 Å². The zero-order valence-electron chi connectivity index (χ0n) is 12.3. The summed E-state index contributed by atoms with van der Waals surface area (Å²) in [6.07, 6.45) is 1.74. The average Bonchev–Trinajstić information content (AvgIpc) is 2.85. The average molecular weight is 286 g/mol. The maximum absolute atomic E-state index is 11.8.